The first-order valence-corrected chi connectivity index (χ1v) is 16.4. The topological polar surface area (TPSA) is 3.24 Å². The van der Waals surface area contributed by atoms with E-state index in [1.807, 2.05) is 0 Å². The number of benzene rings is 7. The Morgan fingerprint density at radius 1 is 0.565 bits per heavy atom. The van der Waals surface area contributed by atoms with E-state index in [2.05, 4.69) is 170 Å². The number of fused-ring (bicyclic) bond motifs is 10. The van der Waals surface area contributed by atoms with E-state index >= 15 is 0 Å². The zero-order valence-corrected chi connectivity index (χ0v) is 26.3. The highest BCUT2D eigenvalue weighted by molar-refractivity contribution is 6.20. The molecule has 2 aliphatic carbocycles. The fourth-order valence-corrected chi connectivity index (χ4v) is 8.29. The van der Waals surface area contributed by atoms with Crippen LogP contribution in [-0.4, -0.2) is 0 Å². The van der Waals surface area contributed by atoms with Crippen LogP contribution in [0.4, 0.5) is 11.4 Å². The zero-order chi connectivity index (χ0) is 30.8. The summed E-state index contributed by atoms with van der Waals surface area (Å²) in [6, 6.07) is 49.4. The molecule has 220 valence electrons. The smallest absolute Gasteiger partial charge is 0.0536 e. The van der Waals surface area contributed by atoms with Crippen molar-refractivity contribution in [3.05, 3.63) is 169 Å². The van der Waals surface area contributed by atoms with Crippen molar-refractivity contribution in [2.75, 3.05) is 4.90 Å². The Bertz CT molecular complexity index is 2390. The number of hydrogen-bond donors (Lipinski definition) is 0. The predicted molar refractivity (Wildman–Crippen MR) is 197 cm³/mol. The molecule has 2 aliphatic rings. The fourth-order valence-electron chi connectivity index (χ4n) is 8.29. The minimum absolute atomic E-state index is 0.147. The minimum atomic E-state index is -0.147. The Balaban J connectivity index is 1.33. The molecule has 0 unspecified atom stereocenters. The molecule has 0 aromatic heterocycles. The van der Waals surface area contributed by atoms with Crippen LogP contribution in [0.3, 0.4) is 0 Å². The Labute approximate surface area is 270 Å². The van der Waals surface area contributed by atoms with Crippen molar-refractivity contribution in [2.24, 2.45) is 0 Å². The van der Waals surface area contributed by atoms with Crippen LogP contribution < -0.4 is 4.90 Å². The summed E-state index contributed by atoms with van der Waals surface area (Å²) in [5, 5.41) is 7.96. The van der Waals surface area contributed by atoms with Gasteiger partial charge in [-0.25, -0.2) is 0 Å². The molecule has 7 aromatic rings. The predicted octanol–water partition coefficient (Wildman–Crippen LogP) is 12.5. The molecule has 1 nitrogen and oxygen atoms in total. The summed E-state index contributed by atoms with van der Waals surface area (Å²) < 4.78 is 0. The van der Waals surface area contributed by atoms with Crippen molar-refractivity contribution >= 4 is 43.7 Å². The maximum atomic E-state index is 2.50. The molecule has 0 spiro atoms. The third-order valence-corrected chi connectivity index (χ3v) is 10.2. The Kier molecular flexibility index (Phi) is 6.05. The van der Waals surface area contributed by atoms with Gasteiger partial charge in [0.15, 0.2) is 0 Å². The lowest BCUT2D eigenvalue weighted by atomic mass is 9.78. The molecule has 0 fully saturated rings. The molecule has 9 rings (SSSR count). The Morgan fingerprint density at radius 3 is 2.13 bits per heavy atom. The van der Waals surface area contributed by atoms with Crippen LogP contribution in [0.1, 0.15) is 37.8 Å². The van der Waals surface area contributed by atoms with Gasteiger partial charge in [-0.2, -0.15) is 0 Å². The number of nitrogens with zero attached hydrogens (tertiary/aromatic N) is 1. The van der Waals surface area contributed by atoms with Crippen LogP contribution in [0.5, 0.6) is 0 Å². The highest BCUT2D eigenvalue weighted by atomic mass is 15.2. The molecule has 0 saturated carbocycles. The molecule has 0 radical (unpaired) electrons. The number of hydrogen-bond acceptors (Lipinski definition) is 1. The van der Waals surface area contributed by atoms with Crippen LogP contribution in [-0.2, 0) is 5.41 Å². The highest BCUT2D eigenvalue weighted by Crippen LogP contribution is 2.56. The van der Waals surface area contributed by atoms with Crippen LogP contribution >= 0.6 is 0 Å². The van der Waals surface area contributed by atoms with Gasteiger partial charge in [-0.15, -0.1) is 0 Å². The normalized spacial score (nSPS) is 14.8. The SMILES string of the molecule is CC1(C)c2c(ccc3ccccc23)-c2c1c1ccc(N(C3=CC=CCC3)c3ccccc3-c3ccccc3)cc1c1ccccc21. The first-order chi connectivity index (χ1) is 22.6. The average molecular weight is 590 g/mol. The third-order valence-electron chi connectivity index (χ3n) is 10.2. The van der Waals surface area contributed by atoms with Crippen LogP contribution in [0, 0.1) is 0 Å². The standard InChI is InChI=1S/C45H35N/c1-45(2)43-35-21-10-9-17-31(35)25-27-39(43)42-37-23-12-11-22-36(37)40-29-33(26-28-38(40)44(42)45)46(32-18-7-4-8-19-32)41-24-14-13-20-34(41)30-15-5-3-6-16-30/h3-7,9-18,20-29H,8,19H2,1-2H3. The van der Waals surface area contributed by atoms with Gasteiger partial charge < -0.3 is 4.90 Å². The van der Waals surface area contributed by atoms with Gasteiger partial charge in [0.1, 0.15) is 0 Å². The van der Waals surface area contributed by atoms with Gasteiger partial charge in [-0.1, -0.05) is 141 Å². The van der Waals surface area contributed by atoms with Gasteiger partial charge >= 0.3 is 0 Å². The molecule has 0 N–H and O–H groups in total. The lowest BCUT2D eigenvalue weighted by Crippen LogP contribution is -2.18. The molecule has 46 heavy (non-hydrogen) atoms. The van der Waals surface area contributed by atoms with Gasteiger partial charge in [-0.05, 0) is 97.3 Å². The van der Waals surface area contributed by atoms with E-state index in [-0.39, 0.29) is 5.41 Å². The Morgan fingerprint density at radius 2 is 1.30 bits per heavy atom. The van der Waals surface area contributed by atoms with Gasteiger partial charge in [0.2, 0.25) is 0 Å². The average Bonchev–Trinajstić information content (AvgIpc) is 3.36. The van der Waals surface area contributed by atoms with E-state index < -0.39 is 0 Å². The second kappa shape index (κ2) is 10.3. The second-order valence-corrected chi connectivity index (χ2v) is 13.2. The van der Waals surface area contributed by atoms with Crippen LogP contribution in [0.2, 0.25) is 0 Å². The molecule has 0 bridgehead atoms. The molecule has 7 aromatic carbocycles. The number of para-hydroxylation sites is 1. The number of rotatable bonds is 4. The van der Waals surface area contributed by atoms with Gasteiger partial charge in [0.05, 0.1) is 5.69 Å². The molecule has 0 atom stereocenters. The second-order valence-electron chi connectivity index (χ2n) is 13.2. The zero-order valence-electron chi connectivity index (χ0n) is 26.3. The van der Waals surface area contributed by atoms with Crippen LogP contribution in [0.15, 0.2) is 157 Å². The lowest BCUT2D eigenvalue weighted by molar-refractivity contribution is 0.672. The van der Waals surface area contributed by atoms with Gasteiger partial charge in [0, 0.05) is 22.4 Å². The first kappa shape index (κ1) is 27.0. The molecule has 0 amide bonds. The van der Waals surface area contributed by atoms with Gasteiger partial charge in [0.25, 0.3) is 0 Å². The van der Waals surface area contributed by atoms with Gasteiger partial charge in [-0.3, -0.25) is 0 Å². The maximum Gasteiger partial charge on any atom is 0.0536 e. The van der Waals surface area contributed by atoms with E-state index in [9.17, 15) is 0 Å². The summed E-state index contributed by atoms with van der Waals surface area (Å²) in [5.41, 5.74) is 11.7. The number of allylic oxidation sites excluding steroid dienone is 4. The van der Waals surface area contributed by atoms with Crippen molar-refractivity contribution in [3.8, 4) is 22.3 Å². The molecule has 0 saturated heterocycles. The molecule has 0 heterocycles. The van der Waals surface area contributed by atoms with E-state index in [1.165, 1.54) is 82.8 Å². The minimum Gasteiger partial charge on any atom is -0.314 e. The summed E-state index contributed by atoms with van der Waals surface area (Å²) in [7, 11) is 0. The molecule has 1 heteroatoms. The largest absolute Gasteiger partial charge is 0.314 e. The van der Waals surface area contributed by atoms with E-state index in [4.69, 9.17) is 0 Å². The highest BCUT2D eigenvalue weighted by Gasteiger charge is 2.39. The number of anilines is 2. The molecule has 0 aliphatic heterocycles. The summed E-state index contributed by atoms with van der Waals surface area (Å²) in [5.74, 6) is 0. The monoisotopic (exact) mass is 589 g/mol. The van der Waals surface area contributed by atoms with E-state index in [0.29, 0.717) is 0 Å². The summed E-state index contributed by atoms with van der Waals surface area (Å²) in [6.45, 7) is 4.85. The van der Waals surface area contributed by atoms with Crippen molar-refractivity contribution in [3.63, 3.8) is 0 Å². The third kappa shape index (κ3) is 3.95. The fraction of sp³-hybridized carbons (Fsp3) is 0.111. The first-order valence-electron chi connectivity index (χ1n) is 16.4. The summed E-state index contributed by atoms with van der Waals surface area (Å²) >= 11 is 0. The maximum absolute atomic E-state index is 2.50. The Hall–Kier alpha value is -5.40. The van der Waals surface area contributed by atoms with Crippen molar-refractivity contribution in [1.82, 2.24) is 0 Å². The van der Waals surface area contributed by atoms with E-state index in [0.717, 1.165) is 12.8 Å². The lowest BCUT2D eigenvalue weighted by Gasteiger charge is -2.31. The van der Waals surface area contributed by atoms with Crippen molar-refractivity contribution < 1.29 is 0 Å². The summed E-state index contributed by atoms with van der Waals surface area (Å²) in [4.78, 5) is 2.50. The quantitative estimate of drug-likeness (QED) is 0.185. The van der Waals surface area contributed by atoms with Crippen molar-refractivity contribution in [2.45, 2.75) is 32.1 Å². The van der Waals surface area contributed by atoms with E-state index in [1.54, 1.807) is 0 Å². The van der Waals surface area contributed by atoms with Crippen molar-refractivity contribution in [1.29, 1.82) is 0 Å². The van der Waals surface area contributed by atoms with Crippen LogP contribution in [0.25, 0.3) is 54.6 Å². The molecular formula is C45H35N. The molecular weight excluding hydrogens is 555 g/mol. The summed E-state index contributed by atoms with van der Waals surface area (Å²) in [6.07, 6.45) is 8.81.